The van der Waals surface area contributed by atoms with Crippen LogP contribution >= 0.6 is 0 Å². The maximum atomic E-state index is 12.9. The second-order valence-corrected chi connectivity index (χ2v) is 11.6. The molecule has 12 heteroatoms. The molecular weight excluding hydrogens is 544 g/mol. The molecule has 230 valence electrons. The first-order valence-electron chi connectivity index (χ1n) is 14.7. The van der Waals surface area contributed by atoms with Crippen LogP contribution < -0.4 is 20.7 Å². The number of ether oxygens (including phenoxy) is 2. The minimum Gasteiger partial charge on any atom is -0.484 e. The largest absolute Gasteiger partial charge is 0.484 e. The zero-order valence-electron chi connectivity index (χ0n) is 24.7. The third-order valence-electron chi connectivity index (χ3n) is 6.88. The fourth-order valence-corrected chi connectivity index (χ4v) is 4.78. The SMILES string of the molecule is CC(C)(C)OC(=O)NCCCCCCCCCCNC(=O)COc1ccc2c(c1)C(=O)N(C1CCC(=O)NC1=O)C2=O. The van der Waals surface area contributed by atoms with Crippen molar-refractivity contribution in [2.24, 2.45) is 0 Å². The van der Waals surface area contributed by atoms with Gasteiger partial charge in [-0.3, -0.25) is 34.2 Å². The first-order valence-corrected chi connectivity index (χ1v) is 14.7. The summed E-state index contributed by atoms with van der Waals surface area (Å²) in [5, 5.41) is 7.75. The van der Waals surface area contributed by atoms with Crippen LogP contribution in [0.2, 0.25) is 0 Å². The molecule has 1 fully saturated rings. The van der Waals surface area contributed by atoms with Crippen molar-refractivity contribution in [3.05, 3.63) is 29.3 Å². The number of amides is 6. The average Bonchev–Trinajstić information content (AvgIpc) is 3.16. The van der Waals surface area contributed by atoms with Crippen LogP contribution in [0.5, 0.6) is 5.75 Å². The number of nitrogens with one attached hydrogen (secondary N) is 3. The number of fused-ring (bicyclic) bond motifs is 1. The lowest BCUT2D eigenvalue weighted by atomic mass is 10.0. The highest BCUT2D eigenvalue weighted by Gasteiger charge is 2.44. The molecule has 0 spiro atoms. The Bertz CT molecular complexity index is 1180. The highest BCUT2D eigenvalue weighted by atomic mass is 16.6. The van der Waals surface area contributed by atoms with Gasteiger partial charge in [0.25, 0.3) is 17.7 Å². The molecule has 6 amide bonds. The number of carbonyl (C=O) groups excluding carboxylic acids is 6. The van der Waals surface area contributed by atoms with Crippen molar-refractivity contribution in [1.82, 2.24) is 20.9 Å². The van der Waals surface area contributed by atoms with Crippen molar-refractivity contribution in [2.75, 3.05) is 19.7 Å². The van der Waals surface area contributed by atoms with E-state index in [-0.39, 0.29) is 48.3 Å². The molecule has 0 aliphatic carbocycles. The molecule has 0 aromatic heterocycles. The number of rotatable bonds is 15. The number of alkyl carbamates (subject to hydrolysis) is 1. The van der Waals surface area contributed by atoms with Gasteiger partial charge < -0.3 is 20.1 Å². The van der Waals surface area contributed by atoms with Gasteiger partial charge in [0.1, 0.15) is 17.4 Å². The van der Waals surface area contributed by atoms with Gasteiger partial charge in [0, 0.05) is 19.5 Å². The summed E-state index contributed by atoms with van der Waals surface area (Å²) in [5.41, 5.74) is -0.237. The quantitative estimate of drug-likeness (QED) is 0.209. The van der Waals surface area contributed by atoms with Gasteiger partial charge in [-0.2, -0.15) is 0 Å². The fourth-order valence-electron chi connectivity index (χ4n) is 4.78. The minimum atomic E-state index is -1.04. The van der Waals surface area contributed by atoms with Crippen molar-refractivity contribution in [3.63, 3.8) is 0 Å². The minimum absolute atomic E-state index is 0.0469. The number of hydrogen-bond donors (Lipinski definition) is 3. The summed E-state index contributed by atoms with van der Waals surface area (Å²) < 4.78 is 10.7. The molecule has 42 heavy (non-hydrogen) atoms. The molecule has 0 radical (unpaired) electrons. The van der Waals surface area contributed by atoms with Crippen LogP contribution in [0, 0.1) is 0 Å². The summed E-state index contributed by atoms with van der Waals surface area (Å²) in [7, 11) is 0. The fraction of sp³-hybridized carbons (Fsp3) is 0.600. The molecule has 0 saturated carbocycles. The zero-order valence-corrected chi connectivity index (χ0v) is 24.7. The van der Waals surface area contributed by atoms with Crippen LogP contribution in [-0.4, -0.2) is 71.9 Å². The zero-order chi connectivity index (χ0) is 30.7. The van der Waals surface area contributed by atoms with E-state index in [9.17, 15) is 28.8 Å². The van der Waals surface area contributed by atoms with Crippen LogP contribution in [0.15, 0.2) is 18.2 Å². The Hall–Kier alpha value is -3.96. The second kappa shape index (κ2) is 15.3. The summed E-state index contributed by atoms with van der Waals surface area (Å²) in [4.78, 5) is 73.9. The van der Waals surface area contributed by atoms with E-state index in [2.05, 4.69) is 16.0 Å². The van der Waals surface area contributed by atoms with Crippen molar-refractivity contribution in [3.8, 4) is 5.75 Å². The molecule has 3 N–H and O–H groups in total. The van der Waals surface area contributed by atoms with E-state index >= 15 is 0 Å². The molecular formula is C30H42N4O8. The molecule has 1 unspecified atom stereocenters. The van der Waals surface area contributed by atoms with Crippen LogP contribution in [-0.2, 0) is 19.1 Å². The Morgan fingerprint density at radius 2 is 1.48 bits per heavy atom. The average molecular weight is 587 g/mol. The molecule has 2 aliphatic heterocycles. The van der Waals surface area contributed by atoms with Gasteiger partial charge in [-0.1, -0.05) is 38.5 Å². The van der Waals surface area contributed by atoms with Gasteiger partial charge in [0.15, 0.2) is 6.61 Å². The van der Waals surface area contributed by atoms with E-state index in [0.29, 0.717) is 13.1 Å². The predicted octanol–water partition coefficient (Wildman–Crippen LogP) is 3.23. The summed E-state index contributed by atoms with van der Waals surface area (Å²) in [6, 6.07) is 3.30. The first-order chi connectivity index (χ1) is 20.0. The van der Waals surface area contributed by atoms with E-state index in [1.54, 1.807) is 0 Å². The number of benzene rings is 1. The molecule has 3 rings (SSSR count). The van der Waals surface area contributed by atoms with Crippen molar-refractivity contribution in [2.45, 2.75) is 96.6 Å². The molecule has 1 aromatic carbocycles. The Balaban J connectivity index is 1.24. The first kappa shape index (κ1) is 32.6. The van der Waals surface area contributed by atoms with Gasteiger partial charge in [-0.25, -0.2) is 4.79 Å². The van der Waals surface area contributed by atoms with Crippen molar-refractivity contribution >= 4 is 35.6 Å². The third-order valence-corrected chi connectivity index (χ3v) is 6.88. The van der Waals surface area contributed by atoms with E-state index < -0.39 is 35.3 Å². The Labute approximate surface area is 246 Å². The van der Waals surface area contributed by atoms with Gasteiger partial charge >= 0.3 is 6.09 Å². The highest BCUT2D eigenvalue weighted by molar-refractivity contribution is 6.23. The summed E-state index contributed by atoms with van der Waals surface area (Å²) in [6.07, 6.45) is 8.04. The van der Waals surface area contributed by atoms with Gasteiger partial charge in [-0.05, 0) is 58.2 Å². The molecule has 1 atom stereocenters. The molecule has 0 bridgehead atoms. The summed E-state index contributed by atoms with van der Waals surface area (Å²) >= 11 is 0. The Morgan fingerprint density at radius 1 is 0.881 bits per heavy atom. The summed E-state index contributed by atoms with van der Waals surface area (Å²) in [6.45, 7) is 6.43. The number of nitrogens with zero attached hydrogens (tertiary/aromatic N) is 1. The standard InChI is InChI=1S/C30H42N4O8/c1-30(2,3)42-29(40)32-17-11-9-7-5-4-6-8-10-16-31-25(36)19-41-20-12-13-21-22(18-20)28(39)34(27(21)38)23-14-15-24(35)33-26(23)37/h12-13,18,23H,4-11,14-17,19H2,1-3H3,(H,31,36)(H,32,40)(H,33,35,37). The topological polar surface area (TPSA) is 160 Å². The number of hydrogen-bond acceptors (Lipinski definition) is 8. The van der Waals surface area contributed by atoms with Gasteiger partial charge in [0.05, 0.1) is 11.1 Å². The lowest BCUT2D eigenvalue weighted by Crippen LogP contribution is -2.54. The maximum absolute atomic E-state index is 12.9. The maximum Gasteiger partial charge on any atom is 0.407 e. The molecule has 1 saturated heterocycles. The smallest absolute Gasteiger partial charge is 0.407 e. The van der Waals surface area contributed by atoms with E-state index in [1.165, 1.54) is 18.2 Å². The predicted molar refractivity (Wildman–Crippen MR) is 153 cm³/mol. The van der Waals surface area contributed by atoms with E-state index in [4.69, 9.17) is 9.47 Å². The van der Waals surface area contributed by atoms with Crippen LogP contribution in [0.25, 0.3) is 0 Å². The molecule has 2 heterocycles. The van der Waals surface area contributed by atoms with Crippen LogP contribution in [0.4, 0.5) is 4.79 Å². The molecule has 2 aliphatic rings. The Kier molecular flexibility index (Phi) is 11.9. The number of carbonyl (C=O) groups is 6. The second-order valence-electron chi connectivity index (χ2n) is 11.6. The van der Waals surface area contributed by atoms with Crippen LogP contribution in [0.1, 0.15) is 106 Å². The lowest BCUT2D eigenvalue weighted by molar-refractivity contribution is -0.136. The number of unbranched alkanes of at least 4 members (excludes halogenated alkanes) is 7. The van der Waals surface area contributed by atoms with E-state index in [1.807, 2.05) is 20.8 Å². The Morgan fingerprint density at radius 3 is 2.10 bits per heavy atom. The van der Waals surface area contributed by atoms with Crippen molar-refractivity contribution < 1.29 is 38.2 Å². The summed E-state index contributed by atoms with van der Waals surface area (Å²) in [5.74, 6) is -2.36. The number of imide groups is 2. The molecule has 12 nitrogen and oxygen atoms in total. The normalized spacial score (nSPS) is 16.6. The van der Waals surface area contributed by atoms with Gasteiger partial charge in [-0.15, -0.1) is 0 Å². The lowest BCUT2D eigenvalue weighted by Gasteiger charge is -2.27. The third kappa shape index (κ3) is 9.85. The number of piperidine rings is 1. The van der Waals surface area contributed by atoms with E-state index in [0.717, 1.165) is 56.3 Å². The van der Waals surface area contributed by atoms with Crippen molar-refractivity contribution in [1.29, 1.82) is 0 Å². The molecule has 1 aromatic rings. The monoisotopic (exact) mass is 586 g/mol. The highest BCUT2D eigenvalue weighted by Crippen LogP contribution is 2.30. The van der Waals surface area contributed by atoms with Crippen LogP contribution in [0.3, 0.4) is 0 Å². The van der Waals surface area contributed by atoms with Gasteiger partial charge in [0.2, 0.25) is 11.8 Å².